The third-order valence-electron chi connectivity index (χ3n) is 19.4. The predicted molar refractivity (Wildman–Crippen MR) is 403 cm³/mol. The Hall–Kier alpha value is -13.3. The Balaban J connectivity index is 0.764. The minimum Gasteiger partial charge on any atom is -0.456 e. The molecule has 0 aliphatic rings. The van der Waals surface area contributed by atoms with E-state index < -0.39 is 0 Å². The fraction of sp³-hybridized carbons (Fsp3) is 0. The first-order chi connectivity index (χ1) is 48.5. The first kappa shape index (κ1) is 55.2. The molecule has 0 aliphatic heterocycles. The summed E-state index contributed by atoms with van der Waals surface area (Å²) in [7, 11) is 0. The topological polar surface area (TPSA) is 84.8 Å². The Kier molecular flexibility index (Phi) is 12.5. The number of fused-ring (bicyclic) bond motifs is 16. The Morgan fingerprint density at radius 3 is 1.45 bits per heavy atom. The summed E-state index contributed by atoms with van der Waals surface area (Å²) in [5, 5.41) is 12.4. The van der Waals surface area contributed by atoms with Gasteiger partial charge in [-0.2, -0.15) is 0 Å². The van der Waals surface area contributed by atoms with Crippen molar-refractivity contribution in [3.8, 4) is 56.3 Å². The number of anilines is 6. The molecular formula is C90H54N4O4. The van der Waals surface area contributed by atoms with Crippen molar-refractivity contribution in [2.45, 2.75) is 0 Å². The third-order valence-corrected chi connectivity index (χ3v) is 19.4. The van der Waals surface area contributed by atoms with Crippen molar-refractivity contribution in [2.75, 3.05) is 9.80 Å². The van der Waals surface area contributed by atoms with Gasteiger partial charge in [-0.15, -0.1) is 0 Å². The second kappa shape index (κ2) is 22.2. The van der Waals surface area contributed by atoms with Crippen LogP contribution >= 0.6 is 0 Å². The second-order valence-corrected chi connectivity index (χ2v) is 25.2. The van der Waals surface area contributed by atoms with Gasteiger partial charge >= 0.3 is 0 Å². The van der Waals surface area contributed by atoms with Crippen LogP contribution in [0, 0.1) is 0 Å². The van der Waals surface area contributed by atoms with Crippen LogP contribution in [0.4, 0.5) is 34.1 Å². The van der Waals surface area contributed by atoms with Crippen LogP contribution < -0.4 is 9.80 Å². The zero-order valence-corrected chi connectivity index (χ0v) is 52.6. The molecular weight excluding hydrogens is 1200 g/mol. The first-order valence-electron chi connectivity index (χ1n) is 33.0. The molecule has 16 aromatic carbocycles. The van der Waals surface area contributed by atoms with Crippen LogP contribution in [0.25, 0.3) is 165 Å². The molecule has 458 valence electrons. The van der Waals surface area contributed by atoms with Crippen LogP contribution in [0.1, 0.15) is 0 Å². The smallest absolute Gasteiger partial charge is 0.227 e. The molecule has 4 heterocycles. The van der Waals surface area contributed by atoms with Crippen LogP contribution in [0.5, 0.6) is 0 Å². The number of oxazole rings is 2. The normalized spacial score (nSPS) is 11.9. The summed E-state index contributed by atoms with van der Waals surface area (Å²) in [6.45, 7) is 0. The van der Waals surface area contributed by atoms with E-state index in [-0.39, 0.29) is 0 Å². The Bertz CT molecular complexity index is 6550. The van der Waals surface area contributed by atoms with E-state index in [1.165, 1.54) is 0 Å². The summed E-state index contributed by atoms with van der Waals surface area (Å²) in [6.07, 6.45) is 0. The van der Waals surface area contributed by atoms with Gasteiger partial charge in [-0.3, -0.25) is 0 Å². The number of rotatable bonds is 11. The van der Waals surface area contributed by atoms with E-state index in [1.54, 1.807) is 0 Å². The van der Waals surface area contributed by atoms with Crippen LogP contribution in [-0.4, -0.2) is 9.97 Å². The van der Waals surface area contributed by atoms with Gasteiger partial charge < -0.3 is 27.5 Å². The van der Waals surface area contributed by atoms with Gasteiger partial charge in [0, 0.05) is 77.9 Å². The summed E-state index contributed by atoms with van der Waals surface area (Å²) < 4.78 is 27.7. The molecule has 0 aliphatic carbocycles. The lowest BCUT2D eigenvalue weighted by Crippen LogP contribution is -2.10. The fourth-order valence-corrected chi connectivity index (χ4v) is 14.8. The molecule has 20 rings (SSSR count). The summed E-state index contributed by atoms with van der Waals surface area (Å²) in [6, 6.07) is 116. The lowest BCUT2D eigenvalue weighted by molar-refractivity contribution is 0.623. The number of furan rings is 2. The zero-order valence-electron chi connectivity index (χ0n) is 52.6. The average molecular weight is 1260 g/mol. The summed E-state index contributed by atoms with van der Waals surface area (Å²) in [5.41, 5.74) is 20.4. The highest BCUT2D eigenvalue weighted by Crippen LogP contribution is 2.49. The fourth-order valence-electron chi connectivity index (χ4n) is 14.8. The lowest BCUT2D eigenvalue weighted by atomic mass is 9.92. The number of hydrogen-bond donors (Lipinski definition) is 0. The quantitative estimate of drug-likeness (QED) is 0.118. The highest BCUT2D eigenvalue weighted by molar-refractivity contribution is 6.24. The molecule has 98 heavy (non-hydrogen) atoms. The third kappa shape index (κ3) is 9.07. The van der Waals surface area contributed by atoms with Gasteiger partial charge in [0.1, 0.15) is 27.8 Å². The maximum Gasteiger partial charge on any atom is 0.227 e. The van der Waals surface area contributed by atoms with Crippen LogP contribution in [-0.2, 0) is 0 Å². The highest BCUT2D eigenvalue weighted by Gasteiger charge is 2.25. The molecule has 0 atom stereocenters. The van der Waals surface area contributed by atoms with E-state index in [1.807, 2.05) is 72.8 Å². The van der Waals surface area contributed by atoms with E-state index in [0.29, 0.717) is 17.4 Å². The molecule has 0 bridgehead atoms. The van der Waals surface area contributed by atoms with E-state index in [2.05, 4.69) is 265 Å². The Morgan fingerprint density at radius 2 is 0.704 bits per heavy atom. The highest BCUT2D eigenvalue weighted by atomic mass is 16.4. The van der Waals surface area contributed by atoms with Crippen molar-refractivity contribution in [3.63, 3.8) is 0 Å². The molecule has 8 heteroatoms. The largest absolute Gasteiger partial charge is 0.456 e. The molecule has 0 saturated carbocycles. The van der Waals surface area contributed by atoms with Gasteiger partial charge in [0.25, 0.3) is 0 Å². The van der Waals surface area contributed by atoms with Gasteiger partial charge in [0.15, 0.2) is 16.7 Å². The van der Waals surface area contributed by atoms with Gasteiger partial charge in [-0.25, -0.2) is 9.97 Å². The van der Waals surface area contributed by atoms with E-state index >= 15 is 0 Å². The number of aromatic nitrogens is 2. The standard InChI is InChI=1S/C90H54N4O4/c1-5-17-55(18-6-1)57-33-39-65(40-34-57)94(68-41-35-58-31-32-59-38-47-78-87(84(59)76(58)53-68)97-89(91-78)60-21-9-3-10-22-60)80-29-16-28-74-72-44-37-64(51-82(72)96-86(74)80)75-50-63-36-42-67(52-77(63)85-73(75)46-48-79-88(85)98-90(92-79)61-23-11-4-12-24-61)93(66-26-15-25-62(49-66)56-19-7-2-8-20-56)69-43-45-71-70-27-13-14-30-81(70)95-83(71)54-69/h1-54H. The number of para-hydroxylation sites is 2. The summed E-state index contributed by atoms with van der Waals surface area (Å²) >= 11 is 0. The number of benzene rings is 16. The number of nitrogens with zero attached hydrogens (tertiary/aromatic N) is 4. The molecule has 0 saturated heterocycles. The zero-order chi connectivity index (χ0) is 64.4. The van der Waals surface area contributed by atoms with Crippen molar-refractivity contribution in [1.82, 2.24) is 9.97 Å². The minimum absolute atomic E-state index is 0.559. The maximum absolute atomic E-state index is 7.35. The molecule has 0 N–H and O–H groups in total. The number of hydrogen-bond acceptors (Lipinski definition) is 8. The van der Waals surface area contributed by atoms with Gasteiger partial charge in [0.2, 0.25) is 11.8 Å². The van der Waals surface area contributed by atoms with Crippen LogP contribution in [0.15, 0.2) is 345 Å². The molecule has 0 fully saturated rings. The Labute approximate surface area is 561 Å². The Morgan fingerprint density at radius 1 is 0.224 bits per heavy atom. The van der Waals surface area contributed by atoms with Crippen molar-refractivity contribution in [1.29, 1.82) is 0 Å². The van der Waals surface area contributed by atoms with Crippen LogP contribution in [0.3, 0.4) is 0 Å². The second-order valence-electron chi connectivity index (χ2n) is 25.2. The summed E-state index contributed by atoms with van der Waals surface area (Å²) in [5.74, 6) is 1.15. The molecule has 0 spiro atoms. The van der Waals surface area contributed by atoms with E-state index in [9.17, 15) is 0 Å². The van der Waals surface area contributed by atoms with Gasteiger partial charge in [-0.1, -0.05) is 194 Å². The van der Waals surface area contributed by atoms with Crippen molar-refractivity contribution < 1.29 is 17.7 Å². The van der Waals surface area contributed by atoms with Crippen LogP contribution in [0.2, 0.25) is 0 Å². The van der Waals surface area contributed by atoms with Crippen molar-refractivity contribution >= 4 is 143 Å². The van der Waals surface area contributed by atoms with Crippen molar-refractivity contribution in [2.24, 2.45) is 0 Å². The average Bonchev–Trinajstić information content (AvgIpc) is 1.46. The first-order valence-corrected chi connectivity index (χ1v) is 33.0. The monoisotopic (exact) mass is 1250 g/mol. The molecule has 8 nitrogen and oxygen atoms in total. The van der Waals surface area contributed by atoms with Crippen molar-refractivity contribution in [3.05, 3.63) is 328 Å². The van der Waals surface area contributed by atoms with E-state index in [4.69, 9.17) is 27.6 Å². The van der Waals surface area contributed by atoms with Gasteiger partial charge in [-0.05, 0) is 193 Å². The minimum atomic E-state index is 0.559. The lowest BCUT2D eigenvalue weighted by Gasteiger charge is -2.26. The predicted octanol–water partition coefficient (Wildman–Crippen LogP) is 25.7. The SMILES string of the molecule is c1ccc(-c2ccc(N(c3ccc4ccc5ccc6nc(-c7ccccc7)oc6c5c4c3)c3cccc4c3oc3cc(-c5cc6ccc(N(c7cccc(-c8ccccc8)c7)c7ccc8c(c7)oc7ccccc78)cc6c6c5ccc5nc(-c7ccccc7)oc56)ccc34)cc2)cc1. The summed E-state index contributed by atoms with van der Waals surface area (Å²) in [4.78, 5) is 14.8. The molecule has 0 amide bonds. The van der Waals surface area contributed by atoms with Gasteiger partial charge in [0.05, 0.1) is 5.69 Å². The van der Waals surface area contributed by atoms with E-state index in [0.717, 1.165) is 182 Å². The maximum atomic E-state index is 7.35. The molecule has 0 radical (unpaired) electrons. The molecule has 0 unspecified atom stereocenters. The molecule has 20 aromatic rings. The molecule has 4 aromatic heterocycles.